The summed E-state index contributed by atoms with van der Waals surface area (Å²) in [5.74, 6) is 2.03. The fourth-order valence-electron chi connectivity index (χ4n) is 3.65. The van der Waals surface area contributed by atoms with Gasteiger partial charge in [0.25, 0.3) is 0 Å². The highest BCUT2D eigenvalue weighted by Gasteiger charge is 2.56. The quantitative estimate of drug-likeness (QED) is 0.689. The van der Waals surface area contributed by atoms with Crippen LogP contribution >= 0.6 is 0 Å². The Morgan fingerprint density at radius 3 is 2.79 bits per heavy atom. The Balaban J connectivity index is 1.59. The average molecular weight is 195 g/mol. The average Bonchev–Trinajstić information content (AvgIpc) is 2.95. The largest absolute Gasteiger partial charge is 0.381 e. The topological polar surface area (TPSA) is 21.3 Å². The number of nitrogens with one attached hydrogen (secondary N) is 1. The summed E-state index contributed by atoms with van der Waals surface area (Å²) in [6, 6.07) is 0. The number of piperidine rings is 1. The van der Waals surface area contributed by atoms with Crippen LogP contribution in [0, 0.1) is 17.3 Å². The van der Waals surface area contributed by atoms with Gasteiger partial charge in [-0.25, -0.2) is 0 Å². The molecule has 0 radical (unpaired) electrons. The molecule has 2 saturated heterocycles. The zero-order valence-corrected chi connectivity index (χ0v) is 8.93. The molecule has 3 fully saturated rings. The third kappa shape index (κ3) is 1.49. The molecule has 2 heterocycles. The summed E-state index contributed by atoms with van der Waals surface area (Å²) in [4.78, 5) is 0. The van der Waals surface area contributed by atoms with Crippen molar-refractivity contribution < 1.29 is 4.74 Å². The van der Waals surface area contributed by atoms with E-state index in [1.807, 2.05) is 0 Å². The van der Waals surface area contributed by atoms with Crippen molar-refractivity contribution in [1.29, 1.82) is 0 Å². The van der Waals surface area contributed by atoms with Crippen molar-refractivity contribution in [2.24, 2.45) is 17.3 Å². The van der Waals surface area contributed by atoms with E-state index in [1.54, 1.807) is 0 Å². The molecule has 2 nitrogen and oxygen atoms in total. The van der Waals surface area contributed by atoms with E-state index in [0.717, 1.165) is 30.5 Å². The van der Waals surface area contributed by atoms with Crippen LogP contribution in [0.2, 0.25) is 0 Å². The van der Waals surface area contributed by atoms with Crippen molar-refractivity contribution in [3.8, 4) is 0 Å². The maximum atomic E-state index is 5.44. The summed E-state index contributed by atoms with van der Waals surface area (Å²) in [6.07, 6.45) is 7.05. The number of ether oxygens (including phenoxy) is 1. The summed E-state index contributed by atoms with van der Waals surface area (Å²) in [7, 11) is 0. The predicted molar refractivity (Wildman–Crippen MR) is 56.2 cm³/mol. The fourth-order valence-corrected chi connectivity index (χ4v) is 3.65. The Morgan fingerprint density at radius 1 is 1.21 bits per heavy atom. The number of hydrogen-bond acceptors (Lipinski definition) is 2. The van der Waals surface area contributed by atoms with Crippen LogP contribution in [0.15, 0.2) is 0 Å². The highest BCUT2D eigenvalue weighted by molar-refractivity contribution is 5.07. The van der Waals surface area contributed by atoms with Gasteiger partial charge in [-0.15, -0.1) is 0 Å². The van der Waals surface area contributed by atoms with Crippen LogP contribution in [0.5, 0.6) is 0 Å². The molecule has 2 atom stereocenters. The lowest BCUT2D eigenvalue weighted by Gasteiger charge is -2.28. The van der Waals surface area contributed by atoms with Gasteiger partial charge in [-0.3, -0.25) is 0 Å². The van der Waals surface area contributed by atoms with E-state index in [-0.39, 0.29) is 0 Å². The predicted octanol–water partition coefficient (Wildman–Crippen LogP) is 1.80. The number of hydrogen-bond donors (Lipinski definition) is 1. The molecule has 1 saturated carbocycles. The molecule has 0 aromatic heterocycles. The summed E-state index contributed by atoms with van der Waals surface area (Å²) in [6.45, 7) is 4.59. The lowest BCUT2D eigenvalue weighted by atomic mass is 9.85. The van der Waals surface area contributed by atoms with Crippen LogP contribution in [-0.4, -0.2) is 26.3 Å². The zero-order chi connectivity index (χ0) is 9.43. The molecule has 2 heteroatoms. The van der Waals surface area contributed by atoms with Crippen LogP contribution in [0.4, 0.5) is 0 Å². The molecule has 3 aliphatic rings. The first kappa shape index (κ1) is 9.17. The minimum Gasteiger partial charge on any atom is -0.381 e. The minimum absolute atomic E-state index is 0.736. The van der Waals surface area contributed by atoms with E-state index in [0.29, 0.717) is 0 Å². The van der Waals surface area contributed by atoms with E-state index in [1.165, 1.54) is 45.2 Å². The molecule has 80 valence electrons. The van der Waals surface area contributed by atoms with Crippen LogP contribution < -0.4 is 5.32 Å². The van der Waals surface area contributed by atoms with Gasteiger partial charge < -0.3 is 10.1 Å². The van der Waals surface area contributed by atoms with Crippen molar-refractivity contribution in [2.75, 3.05) is 26.3 Å². The molecule has 14 heavy (non-hydrogen) atoms. The van der Waals surface area contributed by atoms with E-state index in [4.69, 9.17) is 4.74 Å². The van der Waals surface area contributed by atoms with Gasteiger partial charge in [-0.2, -0.15) is 0 Å². The highest BCUT2D eigenvalue weighted by Crippen LogP contribution is 2.61. The van der Waals surface area contributed by atoms with Crippen molar-refractivity contribution in [3.63, 3.8) is 0 Å². The number of rotatable bonds is 1. The maximum Gasteiger partial charge on any atom is 0.0468 e. The monoisotopic (exact) mass is 195 g/mol. The summed E-state index contributed by atoms with van der Waals surface area (Å²) >= 11 is 0. The Kier molecular flexibility index (Phi) is 2.29. The van der Waals surface area contributed by atoms with E-state index >= 15 is 0 Å². The smallest absolute Gasteiger partial charge is 0.0468 e. The van der Waals surface area contributed by atoms with Gasteiger partial charge in [0.2, 0.25) is 0 Å². The normalized spacial score (nSPS) is 44.1. The summed E-state index contributed by atoms with van der Waals surface area (Å²) < 4.78 is 5.44. The van der Waals surface area contributed by atoms with Crippen molar-refractivity contribution in [2.45, 2.75) is 32.1 Å². The van der Waals surface area contributed by atoms with Crippen molar-refractivity contribution >= 4 is 0 Å². The van der Waals surface area contributed by atoms with Gasteiger partial charge in [0.05, 0.1) is 0 Å². The molecular weight excluding hydrogens is 174 g/mol. The first-order valence-corrected chi connectivity index (χ1v) is 6.19. The lowest BCUT2D eigenvalue weighted by molar-refractivity contribution is 0.0535. The molecule has 0 aromatic rings. The Bertz CT molecular complexity index is 204. The molecule has 1 aliphatic carbocycles. The van der Waals surface area contributed by atoms with Crippen LogP contribution in [0.25, 0.3) is 0 Å². The fraction of sp³-hybridized carbons (Fsp3) is 1.00. The Morgan fingerprint density at radius 2 is 2.07 bits per heavy atom. The third-order valence-electron chi connectivity index (χ3n) is 4.59. The molecule has 0 aromatic carbocycles. The summed E-state index contributed by atoms with van der Waals surface area (Å²) in [5, 5.41) is 3.58. The lowest BCUT2D eigenvalue weighted by Crippen LogP contribution is -2.33. The second kappa shape index (κ2) is 3.49. The molecule has 2 aliphatic heterocycles. The van der Waals surface area contributed by atoms with Crippen LogP contribution in [-0.2, 0) is 4.74 Å². The molecule has 1 N–H and O–H groups in total. The second-order valence-corrected chi connectivity index (χ2v) is 5.40. The van der Waals surface area contributed by atoms with Gasteiger partial charge in [-0.1, -0.05) is 0 Å². The standard InChI is InChI=1S/C12H21NO/c1-4-12(9-13-5-1)8-11(12)10-2-6-14-7-3-10/h10-11,13H,1-9H2. The molecular formula is C12H21NO. The molecule has 0 bridgehead atoms. The van der Waals surface area contributed by atoms with Gasteiger partial charge in [0.15, 0.2) is 0 Å². The SMILES string of the molecule is C1CNCC2(C1)CC2C1CCOCC1. The highest BCUT2D eigenvalue weighted by atomic mass is 16.5. The van der Waals surface area contributed by atoms with Crippen molar-refractivity contribution in [1.82, 2.24) is 5.32 Å². The molecule has 3 rings (SSSR count). The zero-order valence-electron chi connectivity index (χ0n) is 8.93. The Hall–Kier alpha value is -0.0800. The third-order valence-corrected chi connectivity index (χ3v) is 4.59. The van der Waals surface area contributed by atoms with Crippen LogP contribution in [0.1, 0.15) is 32.1 Å². The van der Waals surface area contributed by atoms with Gasteiger partial charge in [0, 0.05) is 19.8 Å². The molecule has 1 spiro atoms. The summed E-state index contributed by atoms with van der Waals surface area (Å²) in [5.41, 5.74) is 0.736. The van der Waals surface area contributed by atoms with Crippen LogP contribution in [0.3, 0.4) is 0 Å². The van der Waals surface area contributed by atoms with E-state index < -0.39 is 0 Å². The first-order chi connectivity index (χ1) is 6.91. The maximum absolute atomic E-state index is 5.44. The van der Waals surface area contributed by atoms with Gasteiger partial charge in [0.1, 0.15) is 0 Å². The first-order valence-electron chi connectivity index (χ1n) is 6.19. The van der Waals surface area contributed by atoms with Gasteiger partial charge >= 0.3 is 0 Å². The molecule has 0 amide bonds. The van der Waals surface area contributed by atoms with Gasteiger partial charge in [-0.05, 0) is 55.9 Å². The minimum atomic E-state index is 0.736. The van der Waals surface area contributed by atoms with E-state index in [9.17, 15) is 0 Å². The van der Waals surface area contributed by atoms with E-state index in [2.05, 4.69) is 5.32 Å². The molecule has 2 unspecified atom stereocenters. The second-order valence-electron chi connectivity index (χ2n) is 5.40. The Labute approximate surface area is 86.4 Å². The van der Waals surface area contributed by atoms with Crippen molar-refractivity contribution in [3.05, 3.63) is 0 Å².